The van der Waals surface area contributed by atoms with E-state index < -0.39 is 0 Å². The lowest BCUT2D eigenvalue weighted by molar-refractivity contribution is 0.0697. The molecule has 5 nitrogen and oxygen atoms in total. The smallest absolute Gasteiger partial charge is 0.255 e. The summed E-state index contributed by atoms with van der Waals surface area (Å²) in [5, 5.41) is 6.16. The summed E-state index contributed by atoms with van der Waals surface area (Å²) in [5.74, 6) is 0.135. The average Bonchev–Trinajstić information content (AvgIpc) is 3.14. The molecule has 3 rings (SSSR count). The van der Waals surface area contributed by atoms with E-state index in [0.29, 0.717) is 6.04 Å². The van der Waals surface area contributed by atoms with Crippen molar-refractivity contribution in [3.05, 3.63) is 34.6 Å². The van der Waals surface area contributed by atoms with E-state index in [-0.39, 0.29) is 5.91 Å². The van der Waals surface area contributed by atoms with Crippen molar-refractivity contribution in [2.75, 3.05) is 20.1 Å². The Morgan fingerprint density at radius 2 is 2.27 bits per heavy atom. The van der Waals surface area contributed by atoms with Crippen LogP contribution < -0.4 is 5.32 Å². The molecule has 1 fully saturated rings. The van der Waals surface area contributed by atoms with Gasteiger partial charge in [-0.2, -0.15) is 0 Å². The highest BCUT2D eigenvalue weighted by molar-refractivity contribution is 7.12. The summed E-state index contributed by atoms with van der Waals surface area (Å²) < 4.78 is 2.07. The molecule has 1 unspecified atom stereocenters. The molecule has 0 bridgehead atoms. The Morgan fingerprint density at radius 1 is 1.45 bits per heavy atom. The minimum atomic E-state index is 0.135. The number of nitrogens with one attached hydrogen (secondary N) is 1. The van der Waals surface area contributed by atoms with Crippen LogP contribution in [-0.2, 0) is 0 Å². The Balaban J connectivity index is 1.89. The number of aromatic nitrogens is 2. The summed E-state index contributed by atoms with van der Waals surface area (Å²) in [6.45, 7) is 5.66. The molecule has 118 valence electrons. The third kappa shape index (κ3) is 2.68. The van der Waals surface area contributed by atoms with Crippen molar-refractivity contribution in [2.24, 2.45) is 0 Å². The fourth-order valence-electron chi connectivity index (χ4n) is 3.17. The van der Waals surface area contributed by atoms with Crippen LogP contribution in [0.2, 0.25) is 0 Å². The van der Waals surface area contributed by atoms with E-state index in [1.54, 1.807) is 17.5 Å². The summed E-state index contributed by atoms with van der Waals surface area (Å²) in [7, 11) is 1.97. The number of amides is 1. The molecule has 0 saturated carbocycles. The van der Waals surface area contributed by atoms with Crippen LogP contribution >= 0.6 is 11.3 Å². The number of carbonyl (C=O) groups excluding carboxylic acids is 1. The van der Waals surface area contributed by atoms with Gasteiger partial charge in [0.1, 0.15) is 0 Å². The number of hydrogen-bond acceptors (Lipinski definition) is 4. The van der Waals surface area contributed by atoms with Crippen LogP contribution in [-0.4, -0.2) is 46.5 Å². The highest BCUT2D eigenvalue weighted by Crippen LogP contribution is 2.24. The second-order valence-corrected chi connectivity index (χ2v) is 6.69. The Bertz CT molecular complexity index is 662. The number of likely N-dealkylation sites (tertiary alicyclic amines) is 1. The zero-order valence-corrected chi connectivity index (χ0v) is 14.1. The molecule has 3 heterocycles. The second-order valence-electron chi connectivity index (χ2n) is 5.81. The largest absolute Gasteiger partial charge is 0.337 e. The molecule has 1 atom stereocenters. The van der Waals surface area contributed by atoms with Crippen molar-refractivity contribution in [2.45, 2.75) is 32.7 Å². The molecule has 0 aliphatic carbocycles. The number of rotatable bonds is 3. The molecular formula is C16H22N4OS. The minimum Gasteiger partial charge on any atom is -0.337 e. The molecule has 1 aliphatic rings. The number of aryl methyl sites for hydroxylation is 1. The lowest BCUT2D eigenvalue weighted by Crippen LogP contribution is -2.47. The normalized spacial score (nSPS) is 18.7. The number of nitrogens with zero attached hydrogens (tertiary/aromatic N) is 3. The average molecular weight is 318 g/mol. The van der Waals surface area contributed by atoms with E-state index in [9.17, 15) is 4.79 Å². The zero-order valence-electron chi connectivity index (χ0n) is 13.3. The summed E-state index contributed by atoms with van der Waals surface area (Å²) in [6.07, 6.45) is 3.99. The van der Waals surface area contributed by atoms with E-state index in [4.69, 9.17) is 0 Å². The quantitative estimate of drug-likeness (QED) is 0.945. The van der Waals surface area contributed by atoms with Crippen LogP contribution in [0.25, 0.3) is 5.13 Å². The number of hydrogen-bond donors (Lipinski definition) is 1. The predicted molar refractivity (Wildman–Crippen MR) is 88.9 cm³/mol. The lowest BCUT2D eigenvalue weighted by atomic mass is 10.0. The number of carbonyl (C=O) groups is 1. The Hall–Kier alpha value is -1.66. The van der Waals surface area contributed by atoms with E-state index in [1.807, 2.05) is 37.2 Å². The van der Waals surface area contributed by atoms with Crippen LogP contribution in [0.4, 0.5) is 0 Å². The van der Waals surface area contributed by atoms with E-state index >= 15 is 0 Å². The first kappa shape index (κ1) is 15.2. The van der Waals surface area contributed by atoms with Crippen LogP contribution in [0.15, 0.2) is 17.6 Å². The minimum absolute atomic E-state index is 0.135. The first-order chi connectivity index (χ1) is 10.6. The Morgan fingerprint density at radius 3 is 2.95 bits per heavy atom. The third-order valence-corrected chi connectivity index (χ3v) is 5.15. The van der Waals surface area contributed by atoms with Crippen LogP contribution in [0.5, 0.6) is 0 Å². The van der Waals surface area contributed by atoms with Crippen molar-refractivity contribution in [3.63, 3.8) is 0 Å². The molecule has 1 amide bonds. The maximum absolute atomic E-state index is 12.9. The SMILES string of the molecule is CNC1CCCN(C(=O)c2cc(C)n(-c3nccs3)c2C)C1. The first-order valence-electron chi connectivity index (χ1n) is 7.67. The maximum Gasteiger partial charge on any atom is 0.255 e. The van der Waals surface area contributed by atoms with E-state index in [2.05, 4.69) is 14.9 Å². The fourth-order valence-corrected chi connectivity index (χ4v) is 3.92. The highest BCUT2D eigenvalue weighted by atomic mass is 32.1. The molecule has 2 aromatic heterocycles. The number of piperidine rings is 1. The van der Waals surface area contributed by atoms with Crippen molar-refractivity contribution < 1.29 is 4.79 Å². The van der Waals surface area contributed by atoms with Gasteiger partial charge in [-0.05, 0) is 39.8 Å². The van der Waals surface area contributed by atoms with Crippen molar-refractivity contribution >= 4 is 17.2 Å². The van der Waals surface area contributed by atoms with Gasteiger partial charge in [-0.25, -0.2) is 4.98 Å². The van der Waals surface area contributed by atoms with E-state index in [1.165, 1.54) is 0 Å². The van der Waals surface area contributed by atoms with Gasteiger partial charge in [-0.1, -0.05) is 0 Å². The van der Waals surface area contributed by atoms with Crippen LogP contribution in [0, 0.1) is 13.8 Å². The maximum atomic E-state index is 12.9. The molecule has 1 N–H and O–H groups in total. The number of likely N-dealkylation sites (N-methyl/N-ethyl adjacent to an activating group) is 1. The summed E-state index contributed by atoms with van der Waals surface area (Å²) >= 11 is 1.59. The molecule has 0 radical (unpaired) electrons. The lowest BCUT2D eigenvalue weighted by Gasteiger charge is -2.32. The van der Waals surface area contributed by atoms with E-state index in [0.717, 1.165) is 48.0 Å². The summed E-state index contributed by atoms with van der Waals surface area (Å²) in [6, 6.07) is 2.39. The highest BCUT2D eigenvalue weighted by Gasteiger charge is 2.26. The third-order valence-electron chi connectivity index (χ3n) is 4.39. The molecule has 1 saturated heterocycles. The van der Waals surface area contributed by atoms with Crippen molar-refractivity contribution in [1.82, 2.24) is 19.8 Å². The van der Waals surface area contributed by atoms with Gasteiger partial charge in [0.2, 0.25) is 0 Å². The van der Waals surface area contributed by atoms with Gasteiger partial charge in [-0.15, -0.1) is 11.3 Å². The zero-order chi connectivity index (χ0) is 15.7. The van der Waals surface area contributed by atoms with Gasteiger partial charge in [0.25, 0.3) is 5.91 Å². The number of thiazole rings is 1. The second kappa shape index (κ2) is 6.22. The fraction of sp³-hybridized carbons (Fsp3) is 0.500. The summed E-state index contributed by atoms with van der Waals surface area (Å²) in [4.78, 5) is 19.2. The standard InChI is InChI=1S/C16H22N4OS/c1-11-9-14(12(2)20(11)16-18-6-8-22-16)15(21)19-7-4-5-13(10-19)17-3/h6,8-9,13,17H,4-5,7,10H2,1-3H3. The van der Waals surface area contributed by atoms with Gasteiger partial charge in [0.15, 0.2) is 5.13 Å². The van der Waals surface area contributed by atoms with Crippen molar-refractivity contribution in [3.8, 4) is 5.13 Å². The van der Waals surface area contributed by atoms with Gasteiger partial charge in [-0.3, -0.25) is 9.36 Å². The molecule has 1 aliphatic heterocycles. The molecule has 2 aromatic rings. The Labute approximate surface area is 135 Å². The van der Waals surface area contributed by atoms with Gasteiger partial charge in [0.05, 0.1) is 5.56 Å². The van der Waals surface area contributed by atoms with Crippen LogP contribution in [0.3, 0.4) is 0 Å². The van der Waals surface area contributed by atoms with Crippen LogP contribution in [0.1, 0.15) is 34.6 Å². The molecule has 22 heavy (non-hydrogen) atoms. The summed E-state index contributed by atoms with van der Waals surface area (Å²) in [5.41, 5.74) is 2.83. The van der Waals surface area contributed by atoms with Gasteiger partial charge >= 0.3 is 0 Å². The predicted octanol–water partition coefficient (Wildman–Crippen LogP) is 2.37. The Kier molecular flexibility index (Phi) is 4.31. The molecule has 0 spiro atoms. The monoisotopic (exact) mass is 318 g/mol. The molecular weight excluding hydrogens is 296 g/mol. The molecule has 6 heteroatoms. The van der Waals surface area contributed by atoms with Gasteiger partial charge < -0.3 is 10.2 Å². The van der Waals surface area contributed by atoms with Gasteiger partial charge in [0, 0.05) is 42.1 Å². The topological polar surface area (TPSA) is 50.2 Å². The first-order valence-corrected chi connectivity index (χ1v) is 8.55. The van der Waals surface area contributed by atoms with Crippen molar-refractivity contribution in [1.29, 1.82) is 0 Å². The molecule has 0 aromatic carbocycles.